The first-order valence-corrected chi connectivity index (χ1v) is 9.54. The lowest BCUT2D eigenvalue weighted by Gasteiger charge is -2.23. The number of carbonyl (C=O) groups excluding carboxylic acids is 1. The maximum Gasteiger partial charge on any atom is 0.236 e. The van der Waals surface area contributed by atoms with Gasteiger partial charge in [-0.05, 0) is 37.0 Å². The van der Waals surface area contributed by atoms with Gasteiger partial charge in [0.15, 0.2) is 0 Å². The molecule has 7 nitrogen and oxygen atoms in total. The van der Waals surface area contributed by atoms with Crippen molar-refractivity contribution in [3.63, 3.8) is 0 Å². The Morgan fingerprint density at radius 1 is 1.14 bits per heavy atom. The van der Waals surface area contributed by atoms with Gasteiger partial charge in [0.2, 0.25) is 17.7 Å². The van der Waals surface area contributed by atoms with Crippen LogP contribution in [0.25, 0.3) is 0 Å². The molecule has 0 radical (unpaired) electrons. The van der Waals surface area contributed by atoms with E-state index in [4.69, 9.17) is 9.72 Å². The Labute approximate surface area is 169 Å². The molecule has 3 aromatic rings. The Balaban J connectivity index is 1.51. The molecule has 2 aromatic heterocycles. The van der Waals surface area contributed by atoms with E-state index < -0.39 is 5.41 Å². The summed E-state index contributed by atoms with van der Waals surface area (Å²) in [5.74, 6) is 0.929. The minimum absolute atomic E-state index is 0.101. The monoisotopic (exact) mass is 389 g/mol. The van der Waals surface area contributed by atoms with Gasteiger partial charge >= 0.3 is 0 Å². The van der Waals surface area contributed by atoms with Crippen molar-refractivity contribution in [3.8, 4) is 5.88 Å². The summed E-state index contributed by atoms with van der Waals surface area (Å²) >= 11 is 0. The predicted molar refractivity (Wildman–Crippen MR) is 111 cm³/mol. The number of pyridine rings is 1. The molecule has 0 spiro atoms. The first kappa shape index (κ1) is 18.9. The fourth-order valence-corrected chi connectivity index (χ4v) is 3.50. The molecule has 4 rings (SSSR count). The van der Waals surface area contributed by atoms with Crippen molar-refractivity contribution in [2.45, 2.75) is 31.7 Å². The third kappa shape index (κ3) is 3.89. The van der Waals surface area contributed by atoms with Crippen molar-refractivity contribution in [2.75, 3.05) is 17.7 Å². The lowest BCUT2D eigenvalue weighted by molar-refractivity contribution is -0.121. The van der Waals surface area contributed by atoms with Gasteiger partial charge in [0.1, 0.15) is 0 Å². The number of fused-ring (bicyclic) bond motifs is 1. The molecule has 1 aliphatic carbocycles. The second kappa shape index (κ2) is 7.87. The third-order valence-corrected chi connectivity index (χ3v) is 5.28. The number of methoxy groups -OCH3 is 1. The third-order valence-electron chi connectivity index (χ3n) is 5.28. The topological polar surface area (TPSA) is 89.0 Å². The zero-order valence-electron chi connectivity index (χ0n) is 16.5. The van der Waals surface area contributed by atoms with Crippen molar-refractivity contribution >= 4 is 17.5 Å². The minimum Gasteiger partial charge on any atom is -0.481 e. The molecule has 148 valence electrons. The van der Waals surface area contributed by atoms with Crippen LogP contribution in [0.2, 0.25) is 0 Å². The Morgan fingerprint density at radius 3 is 2.69 bits per heavy atom. The van der Waals surface area contributed by atoms with Crippen molar-refractivity contribution < 1.29 is 9.53 Å². The molecule has 1 atom stereocenters. The second-order valence-electron chi connectivity index (χ2n) is 7.28. The number of carbonyl (C=O) groups is 1. The second-order valence-corrected chi connectivity index (χ2v) is 7.28. The van der Waals surface area contributed by atoms with Crippen LogP contribution in [0.4, 0.5) is 11.6 Å². The molecule has 0 saturated carbocycles. The van der Waals surface area contributed by atoms with Crippen LogP contribution >= 0.6 is 0 Å². The molecule has 0 saturated heterocycles. The highest BCUT2D eigenvalue weighted by molar-refractivity contribution is 5.99. The summed E-state index contributed by atoms with van der Waals surface area (Å²) in [5, 5.41) is 6.21. The van der Waals surface area contributed by atoms with E-state index >= 15 is 0 Å². The average Bonchev–Trinajstić information content (AvgIpc) is 3.11. The van der Waals surface area contributed by atoms with E-state index in [-0.39, 0.29) is 5.91 Å². The Kier molecular flexibility index (Phi) is 5.12. The van der Waals surface area contributed by atoms with E-state index in [1.54, 1.807) is 25.4 Å². The summed E-state index contributed by atoms with van der Waals surface area (Å²) in [7, 11) is 1.56. The van der Waals surface area contributed by atoms with E-state index in [1.165, 1.54) is 0 Å². The number of amides is 1. The first-order chi connectivity index (χ1) is 14.1. The van der Waals surface area contributed by atoms with Crippen LogP contribution in [0, 0.1) is 0 Å². The molecule has 0 aliphatic heterocycles. The van der Waals surface area contributed by atoms with Gasteiger partial charge in [0.05, 0.1) is 30.1 Å². The molecule has 29 heavy (non-hydrogen) atoms. The molecule has 7 heteroatoms. The number of hydrogen-bond donors (Lipinski definition) is 2. The van der Waals surface area contributed by atoms with Crippen LogP contribution < -0.4 is 15.4 Å². The number of nitrogens with zero attached hydrogens (tertiary/aromatic N) is 3. The molecule has 1 aromatic carbocycles. The van der Waals surface area contributed by atoms with Gasteiger partial charge in [0, 0.05) is 18.8 Å². The minimum atomic E-state index is -0.721. The van der Waals surface area contributed by atoms with Gasteiger partial charge in [0.25, 0.3) is 0 Å². The van der Waals surface area contributed by atoms with Crippen LogP contribution in [-0.4, -0.2) is 28.0 Å². The molecule has 0 bridgehead atoms. The van der Waals surface area contributed by atoms with E-state index in [2.05, 4.69) is 20.6 Å². The SMILES string of the molecule is COc1ccc(NC(=O)C2(C)CCc3cnc(NCc4ccccc4)nc32)cn1. The summed E-state index contributed by atoms with van der Waals surface area (Å²) < 4.78 is 5.06. The normalized spacial score (nSPS) is 17.4. The van der Waals surface area contributed by atoms with E-state index in [0.29, 0.717) is 30.5 Å². The van der Waals surface area contributed by atoms with Crippen LogP contribution in [-0.2, 0) is 23.2 Å². The number of anilines is 2. The van der Waals surface area contributed by atoms with Crippen LogP contribution in [0.5, 0.6) is 5.88 Å². The van der Waals surface area contributed by atoms with Gasteiger partial charge in [-0.3, -0.25) is 4.79 Å². The number of benzene rings is 1. The smallest absolute Gasteiger partial charge is 0.236 e. The largest absolute Gasteiger partial charge is 0.481 e. The Morgan fingerprint density at radius 2 is 1.97 bits per heavy atom. The highest BCUT2D eigenvalue weighted by Crippen LogP contribution is 2.38. The van der Waals surface area contributed by atoms with E-state index in [9.17, 15) is 4.79 Å². The van der Waals surface area contributed by atoms with E-state index in [1.807, 2.05) is 43.5 Å². The average molecular weight is 389 g/mol. The fraction of sp³-hybridized carbons (Fsp3) is 0.273. The van der Waals surface area contributed by atoms with Crippen LogP contribution in [0.15, 0.2) is 54.9 Å². The number of hydrogen-bond acceptors (Lipinski definition) is 6. The van der Waals surface area contributed by atoms with Crippen molar-refractivity contribution in [2.24, 2.45) is 0 Å². The molecular weight excluding hydrogens is 366 g/mol. The summed E-state index contributed by atoms with van der Waals surface area (Å²) in [6, 6.07) is 13.6. The fourth-order valence-electron chi connectivity index (χ4n) is 3.50. The summed E-state index contributed by atoms with van der Waals surface area (Å²) in [6.07, 6.45) is 4.87. The Bertz CT molecular complexity index is 1010. The molecule has 1 amide bonds. The standard InChI is InChI=1S/C22H23N5O2/c1-22(20(28)26-17-8-9-18(29-2)23-14-17)11-10-16-13-25-21(27-19(16)22)24-12-15-6-4-3-5-7-15/h3-9,13-14H,10-12H2,1-2H3,(H,26,28)(H,24,25,27). The summed E-state index contributed by atoms with van der Waals surface area (Å²) in [4.78, 5) is 26.3. The lowest BCUT2D eigenvalue weighted by atomic mass is 9.86. The quantitative estimate of drug-likeness (QED) is 0.672. The highest BCUT2D eigenvalue weighted by Gasteiger charge is 2.43. The molecule has 1 unspecified atom stereocenters. The van der Waals surface area contributed by atoms with Crippen molar-refractivity contribution in [1.29, 1.82) is 0 Å². The molecule has 2 N–H and O–H groups in total. The number of aromatic nitrogens is 3. The zero-order valence-corrected chi connectivity index (χ0v) is 16.5. The summed E-state index contributed by atoms with van der Waals surface area (Å²) in [6.45, 7) is 2.55. The van der Waals surface area contributed by atoms with Crippen LogP contribution in [0.3, 0.4) is 0 Å². The highest BCUT2D eigenvalue weighted by atomic mass is 16.5. The predicted octanol–water partition coefficient (Wildman–Crippen LogP) is 3.33. The Hall–Kier alpha value is -3.48. The number of aryl methyl sites for hydroxylation is 1. The van der Waals surface area contributed by atoms with Gasteiger partial charge in [-0.1, -0.05) is 30.3 Å². The van der Waals surface area contributed by atoms with Crippen LogP contribution in [0.1, 0.15) is 30.2 Å². The first-order valence-electron chi connectivity index (χ1n) is 9.54. The lowest BCUT2D eigenvalue weighted by Crippen LogP contribution is -2.36. The van der Waals surface area contributed by atoms with Gasteiger partial charge in [-0.25, -0.2) is 15.0 Å². The molecule has 2 heterocycles. The van der Waals surface area contributed by atoms with Gasteiger partial charge < -0.3 is 15.4 Å². The number of nitrogens with one attached hydrogen (secondary N) is 2. The zero-order chi connectivity index (χ0) is 20.3. The summed E-state index contributed by atoms with van der Waals surface area (Å²) in [5.41, 5.74) is 2.84. The van der Waals surface area contributed by atoms with E-state index in [0.717, 1.165) is 23.2 Å². The molecular formula is C22H23N5O2. The molecule has 0 fully saturated rings. The van der Waals surface area contributed by atoms with Crippen molar-refractivity contribution in [3.05, 3.63) is 71.7 Å². The maximum atomic E-state index is 13.1. The van der Waals surface area contributed by atoms with Gasteiger partial charge in [-0.2, -0.15) is 0 Å². The number of ether oxygens (including phenoxy) is 1. The maximum absolute atomic E-state index is 13.1. The van der Waals surface area contributed by atoms with Crippen molar-refractivity contribution in [1.82, 2.24) is 15.0 Å². The molecule has 1 aliphatic rings. The van der Waals surface area contributed by atoms with Gasteiger partial charge in [-0.15, -0.1) is 0 Å². The number of rotatable bonds is 6.